The molecule has 0 saturated heterocycles. The van der Waals surface area contributed by atoms with Crippen LogP contribution >= 0.6 is 11.3 Å². The van der Waals surface area contributed by atoms with E-state index in [1.807, 2.05) is 69.3 Å². The summed E-state index contributed by atoms with van der Waals surface area (Å²) in [6.07, 6.45) is 0.638. The van der Waals surface area contributed by atoms with Gasteiger partial charge in [-0.15, -0.1) is 11.3 Å². The summed E-state index contributed by atoms with van der Waals surface area (Å²) in [6, 6.07) is 15.7. The van der Waals surface area contributed by atoms with Crippen LogP contribution in [0, 0.1) is 20.8 Å². The van der Waals surface area contributed by atoms with E-state index in [1.54, 1.807) is 11.3 Å². The summed E-state index contributed by atoms with van der Waals surface area (Å²) in [6.45, 7) is 6.23. The molecule has 3 rings (SSSR count). The SMILES string of the molecule is Cc1ccc(NC(=O)C(=O)NCCc2sc(-c3ccccc3)nc2C)c(C)c1. The molecular weight excluding hydrogens is 370 g/mol. The van der Waals surface area contributed by atoms with Gasteiger partial charge in [-0.25, -0.2) is 4.98 Å². The van der Waals surface area contributed by atoms with E-state index in [-0.39, 0.29) is 0 Å². The number of nitrogens with zero attached hydrogens (tertiary/aromatic N) is 1. The van der Waals surface area contributed by atoms with Gasteiger partial charge in [0.25, 0.3) is 0 Å². The molecule has 5 nitrogen and oxygen atoms in total. The summed E-state index contributed by atoms with van der Waals surface area (Å²) in [7, 11) is 0. The fourth-order valence-electron chi connectivity index (χ4n) is 2.87. The van der Waals surface area contributed by atoms with Crippen LogP contribution in [0.25, 0.3) is 10.6 Å². The van der Waals surface area contributed by atoms with Gasteiger partial charge in [-0.3, -0.25) is 9.59 Å². The summed E-state index contributed by atoms with van der Waals surface area (Å²) in [5, 5.41) is 6.31. The zero-order valence-corrected chi connectivity index (χ0v) is 17.0. The lowest BCUT2D eigenvalue weighted by Crippen LogP contribution is -2.36. The lowest BCUT2D eigenvalue weighted by atomic mass is 10.1. The van der Waals surface area contributed by atoms with Crippen molar-refractivity contribution in [2.45, 2.75) is 27.2 Å². The zero-order chi connectivity index (χ0) is 20.1. The molecule has 28 heavy (non-hydrogen) atoms. The molecule has 144 valence electrons. The zero-order valence-electron chi connectivity index (χ0n) is 16.2. The van der Waals surface area contributed by atoms with Gasteiger partial charge in [0.2, 0.25) is 0 Å². The molecule has 0 aliphatic carbocycles. The molecule has 0 fully saturated rings. The van der Waals surface area contributed by atoms with Gasteiger partial charge in [0.1, 0.15) is 5.01 Å². The monoisotopic (exact) mass is 393 g/mol. The van der Waals surface area contributed by atoms with Crippen LogP contribution in [-0.2, 0) is 16.0 Å². The molecule has 0 spiro atoms. The van der Waals surface area contributed by atoms with Gasteiger partial charge in [0, 0.05) is 29.1 Å². The summed E-state index contributed by atoms with van der Waals surface area (Å²) in [5.41, 5.74) is 4.72. The predicted molar refractivity (Wildman–Crippen MR) is 114 cm³/mol. The topological polar surface area (TPSA) is 71.1 Å². The molecule has 0 unspecified atom stereocenters. The van der Waals surface area contributed by atoms with Crippen LogP contribution in [0.1, 0.15) is 21.7 Å². The van der Waals surface area contributed by atoms with Gasteiger partial charge in [-0.05, 0) is 32.4 Å². The van der Waals surface area contributed by atoms with E-state index < -0.39 is 11.8 Å². The highest BCUT2D eigenvalue weighted by Gasteiger charge is 2.15. The molecule has 6 heteroatoms. The Labute approximate surface area is 168 Å². The Hall–Kier alpha value is -2.99. The molecule has 0 aliphatic rings. The number of benzene rings is 2. The van der Waals surface area contributed by atoms with Crippen molar-refractivity contribution in [3.8, 4) is 10.6 Å². The Morgan fingerprint density at radius 2 is 1.75 bits per heavy atom. The van der Waals surface area contributed by atoms with Crippen molar-refractivity contribution in [1.29, 1.82) is 0 Å². The first kappa shape index (κ1) is 19.8. The smallest absolute Gasteiger partial charge is 0.313 e. The standard InChI is InChI=1S/C22H23N3O2S/c1-14-9-10-18(15(2)13-14)25-21(27)20(26)23-12-11-19-16(3)24-22(28-19)17-7-5-4-6-8-17/h4-10,13H,11-12H2,1-3H3,(H,23,26)(H,25,27). The molecular formula is C22H23N3O2S. The first-order valence-corrected chi connectivity index (χ1v) is 9.94. The third kappa shape index (κ3) is 4.84. The summed E-state index contributed by atoms with van der Waals surface area (Å²) < 4.78 is 0. The number of aromatic nitrogens is 1. The van der Waals surface area contributed by atoms with Crippen LogP contribution in [-0.4, -0.2) is 23.3 Å². The Balaban J connectivity index is 1.54. The minimum Gasteiger partial charge on any atom is -0.347 e. The van der Waals surface area contributed by atoms with Gasteiger partial charge in [0.05, 0.1) is 5.69 Å². The molecule has 2 amide bonds. The number of rotatable bonds is 5. The summed E-state index contributed by atoms with van der Waals surface area (Å²) >= 11 is 1.62. The van der Waals surface area contributed by atoms with Gasteiger partial charge in [0.15, 0.2) is 0 Å². The van der Waals surface area contributed by atoms with Crippen LogP contribution in [0.15, 0.2) is 48.5 Å². The first-order valence-electron chi connectivity index (χ1n) is 9.12. The Morgan fingerprint density at radius 1 is 1.00 bits per heavy atom. The lowest BCUT2D eigenvalue weighted by molar-refractivity contribution is -0.136. The number of amides is 2. The van der Waals surface area contributed by atoms with E-state index in [4.69, 9.17) is 0 Å². The number of carbonyl (C=O) groups excluding carboxylic acids is 2. The molecule has 0 bridgehead atoms. The fraction of sp³-hybridized carbons (Fsp3) is 0.227. The second-order valence-electron chi connectivity index (χ2n) is 6.67. The van der Waals surface area contributed by atoms with Crippen LogP contribution in [0.2, 0.25) is 0 Å². The van der Waals surface area contributed by atoms with E-state index >= 15 is 0 Å². The maximum absolute atomic E-state index is 12.1. The number of nitrogens with one attached hydrogen (secondary N) is 2. The number of aryl methyl sites for hydroxylation is 3. The Bertz CT molecular complexity index is 996. The van der Waals surface area contributed by atoms with E-state index in [1.165, 1.54) is 0 Å². The van der Waals surface area contributed by atoms with Crippen molar-refractivity contribution in [2.75, 3.05) is 11.9 Å². The first-order chi connectivity index (χ1) is 13.4. The number of anilines is 1. The van der Waals surface area contributed by atoms with Crippen molar-refractivity contribution in [2.24, 2.45) is 0 Å². The van der Waals surface area contributed by atoms with Crippen LogP contribution in [0.5, 0.6) is 0 Å². The van der Waals surface area contributed by atoms with Crippen molar-refractivity contribution < 1.29 is 9.59 Å². The number of carbonyl (C=O) groups is 2. The maximum atomic E-state index is 12.1. The van der Waals surface area contributed by atoms with E-state index in [0.29, 0.717) is 18.7 Å². The molecule has 3 aromatic rings. The molecule has 0 aliphatic heterocycles. The second kappa shape index (κ2) is 8.80. The average molecular weight is 394 g/mol. The van der Waals surface area contributed by atoms with E-state index in [9.17, 15) is 9.59 Å². The predicted octanol–water partition coefficient (Wildman–Crippen LogP) is 4.03. The van der Waals surface area contributed by atoms with Gasteiger partial charge < -0.3 is 10.6 Å². The third-order valence-corrected chi connectivity index (χ3v) is 5.65. The maximum Gasteiger partial charge on any atom is 0.313 e. The highest BCUT2D eigenvalue weighted by molar-refractivity contribution is 7.15. The van der Waals surface area contributed by atoms with Gasteiger partial charge >= 0.3 is 11.8 Å². The Kier molecular flexibility index (Phi) is 6.21. The molecule has 0 saturated carbocycles. The quantitative estimate of drug-likeness (QED) is 0.643. The fourth-order valence-corrected chi connectivity index (χ4v) is 3.93. The minimum absolute atomic E-state index is 0.385. The van der Waals surface area contributed by atoms with Crippen molar-refractivity contribution in [1.82, 2.24) is 10.3 Å². The average Bonchev–Trinajstić information content (AvgIpc) is 3.05. The molecule has 2 N–H and O–H groups in total. The molecule has 1 heterocycles. The van der Waals surface area contributed by atoms with Crippen molar-refractivity contribution >= 4 is 28.8 Å². The third-order valence-electron chi connectivity index (χ3n) is 4.39. The number of hydrogen-bond acceptors (Lipinski definition) is 4. The molecule has 2 aromatic carbocycles. The van der Waals surface area contributed by atoms with E-state index in [0.717, 1.165) is 32.3 Å². The normalized spacial score (nSPS) is 10.5. The molecule has 0 atom stereocenters. The van der Waals surface area contributed by atoms with Crippen LogP contribution in [0.3, 0.4) is 0 Å². The van der Waals surface area contributed by atoms with Crippen molar-refractivity contribution in [3.05, 3.63) is 70.2 Å². The van der Waals surface area contributed by atoms with Crippen LogP contribution in [0.4, 0.5) is 5.69 Å². The van der Waals surface area contributed by atoms with Crippen LogP contribution < -0.4 is 10.6 Å². The van der Waals surface area contributed by atoms with Gasteiger partial charge in [-0.2, -0.15) is 0 Å². The molecule has 1 aromatic heterocycles. The summed E-state index contributed by atoms with van der Waals surface area (Å²) in [4.78, 5) is 29.9. The van der Waals surface area contributed by atoms with E-state index in [2.05, 4.69) is 15.6 Å². The number of thiazole rings is 1. The Morgan fingerprint density at radius 3 is 2.46 bits per heavy atom. The number of hydrogen-bond donors (Lipinski definition) is 2. The summed E-state index contributed by atoms with van der Waals surface area (Å²) in [5.74, 6) is -1.29. The highest BCUT2D eigenvalue weighted by atomic mass is 32.1. The minimum atomic E-state index is -0.655. The molecule has 0 radical (unpaired) electrons. The van der Waals surface area contributed by atoms with Gasteiger partial charge in [-0.1, -0.05) is 48.0 Å². The second-order valence-corrected chi connectivity index (χ2v) is 7.76. The lowest BCUT2D eigenvalue weighted by Gasteiger charge is -2.09. The highest BCUT2D eigenvalue weighted by Crippen LogP contribution is 2.27. The largest absolute Gasteiger partial charge is 0.347 e. The van der Waals surface area contributed by atoms with Crippen molar-refractivity contribution in [3.63, 3.8) is 0 Å².